The van der Waals surface area contributed by atoms with Crippen molar-refractivity contribution in [2.24, 2.45) is 0 Å². The van der Waals surface area contributed by atoms with E-state index in [2.05, 4.69) is 9.97 Å². The van der Waals surface area contributed by atoms with Crippen LogP contribution in [0.4, 0.5) is 17.6 Å². The highest BCUT2D eigenvalue weighted by molar-refractivity contribution is 14.1. The van der Waals surface area contributed by atoms with Crippen LogP contribution in [0.25, 0.3) is 11.4 Å². The van der Waals surface area contributed by atoms with E-state index in [0.29, 0.717) is 21.8 Å². The van der Waals surface area contributed by atoms with Gasteiger partial charge in [0.1, 0.15) is 11.0 Å². The Morgan fingerprint density at radius 1 is 1.24 bits per heavy atom. The van der Waals surface area contributed by atoms with Gasteiger partial charge in [0.05, 0.1) is 14.8 Å². The number of alkyl halides is 3. The molecule has 0 aliphatic rings. The Labute approximate surface area is 136 Å². The minimum absolute atomic E-state index is 0.0508. The van der Waals surface area contributed by atoms with Gasteiger partial charge in [-0.15, -0.1) is 0 Å². The number of aromatic nitrogens is 2. The van der Waals surface area contributed by atoms with Gasteiger partial charge in [0.15, 0.2) is 5.82 Å². The molecule has 0 unspecified atom stereocenters. The predicted octanol–water partition coefficient (Wildman–Crippen LogP) is 5.12. The maximum atomic E-state index is 13.3. The monoisotopic (exact) mass is 430 g/mol. The van der Waals surface area contributed by atoms with Crippen LogP contribution in [-0.2, 0) is 12.6 Å². The standard InChI is InChI=1S/C13H8ClF4IN2/c1-2-9-10(19)11(14)21-12(20-9)7-5-6(15)3-4-8(7)13(16,17)18/h3-5H,2H2,1H3. The summed E-state index contributed by atoms with van der Waals surface area (Å²) in [6, 6.07) is 2.19. The van der Waals surface area contributed by atoms with E-state index in [0.717, 1.165) is 12.1 Å². The fraction of sp³-hybridized carbons (Fsp3) is 0.231. The summed E-state index contributed by atoms with van der Waals surface area (Å²) in [7, 11) is 0. The Kier molecular flexibility index (Phi) is 4.72. The zero-order chi connectivity index (χ0) is 15.8. The average molecular weight is 431 g/mol. The number of hydrogen-bond acceptors (Lipinski definition) is 2. The summed E-state index contributed by atoms with van der Waals surface area (Å²) < 4.78 is 52.9. The van der Waals surface area contributed by atoms with E-state index in [-0.39, 0.29) is 11.0 Å². The molecule has 0 saturated heterocycles. The molecule has 2 nitrogen and oxygen atoms in total. The van der Waals surface area contributed by atoms with Gasteiger partial charge < -0.3 is 0 Å². The minimum Gasteiger partial charge on any atom is -0.232 e. The summed E-state index contributed by atoms with van der Waals surface area (Å²) in [5, 5.41) is 0.0508. The van der Waals surface area contributed by atoms with E-state index in [4.69, 9.17) is 11.6 Å². The molecule has 0 radical (unpaired) electrons. The normalized spacial score (nSPS) is 11.8. The molecule has 0 atom stereocenters. The molecule has 2 rings (SSSR count). The lowest BCUT2D eigenvalue weighted by Gasteiger charge is -2.13. The van der Waals surface area contributed by atoms with Crippen LogP contribution in [0.3, 0.4) is 0 Å². The fourth-order valence-electron chi connectivity index (χ4n) is 1.77. The molecule has 0 spiro atoms. The average Bonchev–Trinajstić information content (AvgIpc) is 2.40. The predicted molar refractivity (Wildman–Crippen MR) is 79.5 cm³/mol. The zero-order valence-electron chi connectivity index (χ0n) is 10.6. The van der Waals surface area contributed by atoms with Crippen LogP contribution in [0.5, 0.6) is 0 Å². The molecule has 0 aliphatic carbocycles. The van der Waals surface area contributed by atoms with Gasteiger partial charge in [-0.25, -0.2) is 14.4 Å². The fourth-order valence-corrected chi connectivity index (χ4v) is 2.58. The number of hydrogen-bond donors (Lipinski definition) is 0. The molecule has 2 aromatic rings. The van der Waals surface area contributed by atoms with Crippen molar-refractivity contribution >= 4 is 34.2 Å². The minimum atomic E-state index is -4.63. The lowest BCUT2D eigenvalue weighted by Crippen LogP contribution is -2.09. The third kappa shape index (κ3) is 3.45. The Morgan fingerprint density at radius 3 is 2.48 bits per heavy atom. The lowest BCUT2D eigenvalue weighted by atomic mass is 10.1. The summed E-state index contributed by atoms with van der Waals surface area (Å²) in [5.41, 5.74) is -0.901. The lowest BCUT2D eigenvalue weighted by molar-refractivity contribution is -0.137. The first kappa shape index (κ1) is 16.4. The number of rotatable bonds is 2. The van der Waals surface area contributed by atoms with Crippen molar-refractivity contribution in [2.45, 2.75) is 19.5 Å². The molecule has 21 heavy (non-hydrogen) atoms. The van der Waals surface area contributed by atoms with Gasteiger partial charge in [-0.2, -0.15) is 13.2 Å². The van der Waals surface area contributed by atoms with Crippen LogP contribution in [0.15, 0.2) is 18.2 Å². The topological polar surface area (TPSA) is 25.8 Å². The molecule has 1 heterocycles. The van der Waals surface area contributed by atoms with Crippen LogP contribution in [0.2, 0.25) is 5.15 Å². The van der Waals surface area contributed by atoms with Gasteiger partial charge >= 0.3 is 6.18 Å². The van der Waals surface area contributed by atoms with Crippen molar-refractivity contribution in [1.29, 1.82) is 0 Å². The van der Waals surface area contributed by atoms with Gasteiger partial charge in [-0.3, -0.25) is 0 Å². The van der Waals surface area contributed by atoms with Crippen LogP contribution in [0.1, 0.15) is 18.2 Å². The van der Waals surface area contributed by atoms with Crippen molar-refractivity contribution < 1.29 is 17.6 Å². The number of aryl methyl sites for hydroxylation is 1. The second kappa shape index (κ2) is 6.04. The maximum absolute atomic E-state index is 13.3. The molecule has 8 heteroatoms. The second-order valence-electron chi connectivity index (χ2n) is 4.14. The van der Waals surface area contributed by atoms with Crippen molar-refractivity contribution in [3.63, 3.8) is 0 Å². The Bertz CT molecular complexity index is 689. The van der Waals surface area contributed by atoms with Crippen LogP contribution < -0.4 is 0 Å². The molecule has 0 saturated carbocycles. The van der Waals surface area contributed by atoms with Gasteiger partial charge in [0.25, 0.3) is 0 Å². The quantitative estimate of drug-likeness (QED) is 0.375. The smallest absolute Gasteiger partial charge is 0.232 e. The van der Waals surface area contributed by atoms with Crippen molar-refractivity contribution in [1.82, 2.24) is 9.97 Å². The summed E-state index contributed by atoms with van der Waals surface area (Å²) in [4.78, 5) is 7.91. The molecule has 0 fully saturated rings. The van der Waals surface area contributed by atoms with Crippen LogP contribution >= 0.6 is 34.2 Å². The van der Waals surface area contributed by atoms with E-state index in [1.807, 2.05) is 22.6 Å². The number of benzene rings is 1. The van der Waals surface area contributed by atoms with Gasteiger partial charge in [-0.1, -0.05) is 18.5 Å². The molecule has 0 amide bonds. The molecular weight excluding hydrogens is 423 g/mol. The van der Waals surface area contributed by atoms with Crippen molar-refractivity contribution in [3.8, 4) is 11.4 Å². The van der Waals surface area contributed by atoms with Crippen molar-refractivity contribution in [2.75, 3.05) is 0 Å². The molecule has 1 aromatic heterocycles. The van der Waals surface area contributed by atoms with Crippen LogP contribution in [-0.4, -0.2) is 9.97 Å². The van der Waals surface area contributed by atoms with Gasteiger partial charge in [0, 0.05) is 5.56 Å². The van der Waals surface area contributed by atoms with E-state index in [1.165, 1.54) is 0 Å². The molecular formula is C13H8ClF4IN2. The van der Waals surface area contributed by atoms with Gasteiger partial charge in [-0.05, 0) is 47.2 Å². The zero-order valence-corrected chi connectivity index (χ0v) is 13.5. The SMILES string of the molecule is CCc1nc(-c2cc(F)ccc2C(F)(F)F)nc(Cl)c1I. The van der Waals surface area contributed by atoms with E-state index < -0.39 is 23.1 Å². The molecule has 0 bridgehead atoms. The van der Waals surface area contributed by atoms with E-state index in [1.54, 1.807) is 6.92 Å². The second-order valence-corrected chi connectivity index (χ2v) is 5.58. The highest BCUT2D eigenvalue weighted by Crippen LogP contribution is 2.37. The summed E-state index contributed by atoms with van der Waals surface area (Å²) in [6.07, 6.45) is -4.15. The Hall–Kier alpha value is -0.960. The number of nitrogens with zero attached hydrogens (tertiary/aromatic N) is 2. The first-order chi connectivity index (χ1) is 9.74. The Balaban J connectivity index is 2.72. The summed E-state index contributed by atoms with van der Waals surface area (Å²) in [6.45, 7) is 1.79. The summed E-state index contributed by atoms with van der Waals surface area (Å²) >= 11 is 7.84. The number of halogens is 6. The highest BCUT2D eigenvalue weighted by atomic mass is 127. The molecule has 0 aliphatic heterocycles. The van der Waals surface area contributed by atoms with Gasteiger partial charge in [0.2, 0.25) is 0 Å². The van der Waals surface area contributed by atoms with Crippen LogP contribution in [0, 0.1) is 9.39 Å². The largest absolute Gasteiger partial charge is 0.417 e. The Morgan fingerprint density at radius 2 is 1.90 bits per heavy atom. The van der Waals surface area contributed by atoms with Crippen molar-refractivity contribution in [3.05, 3.63) is 44.0 Å². The maximum Gasteiger partial charge on any atom is 0.417 e. The third-order valence-electron chi connectivity index (χ3n) is 2.74. The first-order valence-electron chi connectivity index (χ1n) is 5.83. The third-order valence-corrected chi connectivity index (χ3v) is 4.47. The molecule has 0 N–H and O–H groups in total. The summed E-state index contributed by atoms with van der Waals surface area (Å²) in [5.74, 6) is -1.03. The highest BCUT2D eigenvalue weighted by Gasteiger charge is 2.34. The molecule has 1 aromatic carbocycles. The molecule has 112 valence electrons. The van der Waals surface area contributed by atoms with E-state index in [9.17, 15) is 17.6 Å². The first-order valence-corrected chi connectivity index (χ1v) is 7.28. The van der Waals surface area contributed by atoms with E-state index >= 15 is 0 Å².